The fourth-order valence-electron chi connectivity index (χ4n) is 2.46. The average molecular weight is 218 g/mol. The first-order chi connectivity index (χ1) is 7.68. The molecule has 1 aliphatic rings. The van der Waals surface area contributed by atoms with E-state index in [1.807, 2.05) is 6.07 Å². The molecule has 3 heteroatoms. The van der Waals surface area contributed by atoms with Crippen molar-refractivity contribution in [1.29, 1.82) is 0 Å². The van der Waals surface area contributed by atoms with Gasteiger partial charge >= 0.3 is 0 Å². The molecule has 1 fully saturated rings. The zero-order valence-corrected chi connectivity index (χ0v) is 9.57. The maximum atomic E-state index is 11.2. The Morgan fingerprint density at radius 2 is 2.19 bits per heavy atom. The molecule has 1 aromatic carbocycles. The van der Waals surface area contributed by atoms with Crippen molar-refractivity contribution in [2.45, 2.75) is 31.7 Å². The lowest BCUT2D eigenvalue weighted by molar-refractivity contribution is -0.120. The molecule has 1 amide bonds. The Bertz CT molecular complexity index is 389. The molecule has 0 aliphatic carbocycles. The van der Waals surface area contributed by atoms with E-state index in [0.29, 0.717) is 5.92 Å². The summed E-state index contributed by atoms with van der Waals surface area (Å²) in [6.45, 7) is 2.99. The summed E-state index contributed by atoms with van der Waals surface area (Å²) in [6.07, 6.45) is 1.90. The highest BCUT2D eigenvalue weighted by molar-refractivity contribution is 5.80. The van der Waals surface area contributed by atoms with Gasteiger partial charge in [-0.2, -0.15) is 0 Å². The molecule has 1 heterocycles. The van der Waals surface area contributed by atoms with Crippen molar-refractivity contribution in [3.63, 3.8) is 0 Å². The molecule has 0 radical (unpaired) electrons. The van der Waals surface area contributed by atoms with Gasteiger partial charge in [0.2, 0.25) is 5.91 Å². The van der Waals surface area contributed by atoms with Gasteiger partial charge in [-0.1, -0.05) is 24.3 Å². The van der Waals surface area contributed by atoms with Crippen molar-refractivity contribution < 1.29 is 4.79 Å². The lowest BCUT2D eigenvalue weighted by atomic mass is 9.84. The molecule has 2 rings (SSSR count). The third-order valence-corrected chi connectivity index (χ3v) is 3.38. The highest BCUT2D eigenvalue weighted by Gasteiger charge is 2.26. The quantitative estimate of drug-likeness (QED) is 0.786. The van der Waals surface area contributed by atoms with E-state index in [1.165, 1.54) is 11.1 Å². The summed E-state index contributed by atoms with van der Waals surface area (Å²) in [5, 5.41) is 3.16. The van der Waals surface area contributed by atoms with Crippen LogP contribution in [0.3, 0.4) is 0 Å². The average Bonchev–Trinajstić information content (AvgIpc) is 2.30. The van der Waals surface area contributed by atoms with Crippen LogP contribution < -0.4 is 11.1 Å². The first-order valence-corrected chi connectivity index (χ1v) is 5.76. The van der Waals surface area contributed by atoms with Crippen LogP contribution in [0, 0.1) is 6.92 Å². The second-order valence-electron chi connectivity index (χ2n) is 4.49. The zero-order chi connectivity index (χ0) is 11.5. The molecule has 3 N–H and O–H groups in total. The molecule has 86 valence electrons. The van der Waals surface area contributed by atoms with Crippen molar-refractivity contribution in [2.75, 3.05) is 6.54 Å². The van der Waals surface area contributed by atoms with Crippen LogP contribution >= 0.6 is 0 Å². The number of carbonyl (C=O) groups is 1. The highest BCUT2D eigenvalue weighted by Crippen LogP contribution is 2.29. The van der Waals surface area contributed by atoms with E-state index < -0.39 is 0 Å². The van der Waals surface area contributed by atoms with Gasteiger partial charge in [-0.25, -0.2) is 0 Å². The number of carbonyl (C=O) groups excluding carboxylic acids is 1. The molecule has 1 aromatic rings. The monoisotopic (exact) mass is 218 g/mol. The van der Waals surface area contributed by atoms with Gasteiger partial charge in [-0.15, -0.1) is 0 Å². The minimum atomic E-state index is -0.238. The van der Waals surface area contributed by atoms with Gasteiger partial charge in [0.1, 0.15) is 0 Å². The van der Waals surface area contributed by atoms with Crippen molar-refractivity contribution in [3.05, 3.63) is 35.4 Å². The van der Waals surface area contributed by atoms with E-state index in [4.69, 9.17) is 5.73 Å². The number of hydrogen-bond donors (Lipinski definition) is 2. The van der Waals surface area contributed by atoms with Crippen molar-refractivity contribution in [1.82, 2.24) is 5.32 Å². The summed E-state index contributed by atoms with van der Waals surface area (Å²) < 4.78 is 0. The van der Waals surface area contributed by atoms with E-state index >= 15 is 0 Å². The van der Waals surface area contributed by atoms with Gasteiger partial charge in [0, 0.05) is 0 Å². The third-order valence-electron chi connectivity index (χ3n) is 3.38. The predicted molar refractivity (Wildman–Crippen MR) is 64.1 cm³/mol. The number of rotatable bonds is 2. The lowest BCUT2D eigenvalue weighted by Crippen LogP contribution is -2.46. The molecule has 1 saturated heterocycles. The van der Waals surface area contributed by atoms with Crippen molar-refractivity contribution >= 4 is 5.91 Å². The third kappa shape index (κ3) is 2.25. The first-order valence-electron chi connectivity index (χ1n) is 5.76. The Labute approximate surface area is 96.0 Å². The van der Waals surface area contributed by atoms with Gasteiger partial charge in [0.25, 0.3) is 0 Å². The summed E-state index contributed by atoms with van der Waals surface area (Å²) in [7, 11) is 0. The maximum absolute atomic E-state index is 11.2. The molecular weight excluding hydrogens is 200 g/mol. The van der Waals surface area contributed by atoms with Crippen LogP contribution in [-0.4, -0.2) is 18.5 Å². The summed E-state index contributed by atoms with van der Waals surface area (Å²) in [5.41, 5.74) is 8.00. The van der Waals surface area contributed by atoms with E-state index in [-0.39, 0.29) is 11.9 Å². The van der Waals surface area contributed by atoms with Crippen LogP contribution in [0.25, 0.3) is 0 Å². The van der Waals surface area contributed by atoms with Crippen LogP contribution in [0.15, 0.2) is 24.3 Å². The van der Waals surface area contributed by atoms with E-state index in [9.17, 15) is 4.79 Å². The Kier molecular flexibility index (Phi) is 3.25. The van der Waals surface area contributed by atoms with Gasteiger partial charge < -0.3 is 11.1 Å². The molecule has 1 aliphatic heterocycles. The smallest absolute Gasteiger partial charge is 0.234 e. The summed E-state index contributed by atoms with van der Waals surface area (Å²) in [6, 6.07) is 8.22. The first kappa shape index (κ1) is 11.1. The molecule has 0 saturated carbocycles. The van der Waals surface area contributed by atoms with Gasteiger partial charge in [-0.05, 0) is 43.4 Å². The van der Waals surface area contributed by atoms with Crippen molar-refractivity contribution in [3.8, 4) is 0 Å². The second kappa shape index (κ2) is 4.66. The number of amides is 1. The predicted octanol–water partition coefficient (Wildman–Crippen LogP) is 1.32. The van der Waals surface area contributed by atoms with E-state index in [1.54, 1.807) is 0 Å². The van der Waals surface area contributed by atoms with Crippen LogP contribution in [0.4, 0.5) is 0 Å². The van der Waals surface area contributed by atoms with E-state index in [2.05, 4.69) is 30.4 Å². The Hall–Kier alpha value is -1.35. The Balaban J connectivity index is 2.16. The number of piperidine rings is 1. The molecule has 0 aromatic heterocycles. The fraction of sp³-hybridized carbons (Fsp3) is 0.462. The van der Waals surface area contributed by atoms with Crippen LogP contribution in [-0.2, 0) is 4.79 Å². The van der Waals surface area contributed by atoms with Crippen LogP contribution in [0.2, 0.25) is 0 Å². The molecule has 2 atom stereocenters. The fourth-order valence-corrected chi connectivity index (χ4v) is 2.46. The molecule has 2 unspecified atom stereocenters. The number of primary amides is 1. The topological polar surface area (TPSA) is 55.1 Å². The minimum absolute atomic E-state index is 0.168. The molecule has 0 spiro atoms. The summed E-state index contributed by atoms with van der Waals surface area (Å²) in [4.78, 5) is 11.2. The highest BCUT2D eigenvalue weighted by atomic mass is 16.1. The summed E-state index contributed by atoms with van der Waals surface area (Å²) in [5.74, 6) is 0.221. The summed E-state index contributed by atoms with van der Waals surface area (Å²) >= 11 is 0. The minimum Gasteiger partial charge on any atom is -0.368 e. The van der Waals surface area contributed by atoms with Crippen LogP contribution in [0.1, 0.15) is 29.9 Å². The largest absolute Gasteiger partial charge is 0.368 e. The van der Waals surface area contributed by atoms with Crippen LogP contribution in [0.5, 0.6) is 0 Å². The number of hydrogen-bond acceptors (Lipinski definition) is 2. The van der Waals surface area contributed by atoms with Gasteiger partial charge in [-0.3, -0.25) is 4.79 Å². The van der Waals surface area contributed by atoms with Gasteiger partial charge in [0.15, 0.2) is 0 Å². The molecule has 16 heavy (non-hydrogen) atoms. The lowest BCUT2D eigenvalue weighted by Gasteiger charge is -2.29. The second-order valence-corrected chi connectivity index (χ2v) is 4.49. The maximum Gasteiger partial charge on any atom is 0.234 e. The SMILES string of the molecule is Cc1ccccc1C1CCNC(C(N)=O)C1. The molecule has 3 nitrogen and oxygen atoms in total. The number of nitrogens with two attached hydrogens (primary N) is 1. The Morgan fingerprint density at radius 3 is 2.88 bits per heavy atom. The molecular formula is C13H18N2O. The Morgan fingerprint density at radius 1 is 1.44 bits per heavy atom. The van der Waals surface area contributed by atoms with Crippen molar-refractivity contribution in [2.24, 2.45) is 5.73 Å². The zero-order valence-electron chi connectivity index (χ0n) is 9.57. The standard InChI is InChI=1S/C13H18N2O/c1-9-4-2-3-5-11(9)10-6-7-15-12(8-10)13(14)16/h2-5,10,12,15H,6-8H2,1H3,(H2,14,16). The normalized spacial score (nSPS) is 25.3. The number of benzene rings is 1. The van der Waals surface area contributed by atoms with E-state index in [0.717, 1.165) is 19.4 Å². The van der Waals surface area contributed by atoms with Gasteiger partial charge in [0.05, 0.1) is 6.04 Å². The number of nitrogens with one attached hydrogen (secondary N) is 1. The number of aryl methyl sites for hydroxylation is 1. The molecule has 0 bridgehead atoms.